The van der Waals surface area contributed by atoms with Gasteiger partial charge in [0.25, 0.3) is 5.91 Å². The van der Waals surface area contributed by atoms with Gasteiger partial charge in [-0.25, -0.2) is 5.43 Å². The van der Waals surface area contributed by atoms with Crippen molar-refractivity contribution >= 4 is 5.91 Å². The zero-order valence-electron chi connectivity index (χ0n) is 15.4. The van der Waals surface area contributed by atoms with Crippen LogP contribution in [0.4, 0.5) is 13.2 Å². The molecule has 2 fully saturated rings. The molecule has 1 amide bonds. The minimum atomic E-state index is -4.36. The summed E-state index contributed by atoms with van der Waals surface area (Å²) in [6.07, 6.45) is -3.61. The van der Waals surface area contributed by atoms with Crippen molar-refractivity contribution in [2.24, 2.45) is 5.92 Å². The highest BCUT2D eigenvalue weighted by molar-refractivity contribution is 5.92. The molecule has 0 spiro atoms. The van der Waals surface area contributed by atoms with E-state index < -0.39 is 11.7 Å². The predicted molar refractivity (Wildman–Crippen MR) is 93.5 cm³/mol. The number of likely N-dealkylation sites (tertiary alicyclic amines) is 1. The Labute approximate surface area is 160 Å². The maximum atomic E-state index is 12.8. The first kappa shape index (κ1) is 19.1. The second-order valence-corrected chi connectivity index (χ2v) is 7.28. The molecule has 2 saturated heterocycles. The van der Waals surface area contributed by atoms with Gasteiger partial charge in [-0.05, 0) is 31.0 Å². The zero-order chi connectivity index (χ0) is 19.9. The number of ether oxygens (including phenoxy) is 2. The van der Waals surface area contributed by atoms with E-state index in [1.54, 1.807) is 11.8 Å². The number of nitrogens with one attached hydrogen (secondary N) is 2. The highest BCUT2D eigenvalue weighted by Crippen LogP contribution is 2.36. The van der Waals surface area contributed by atoms with Crippen LogP contribution in [-0.4, -0.2) is 43.2 Å². The number of alkyl halides is 3. The van der Waals surface area contributed by atoms with Gasteiger partial charge in [-0.3, -0.25) is 10.2 Å². The van der Waals surface area contributed by atoms with Crippen LogP contribution in [0.25, 0.3) is 0 Å². The van der Waals surface area contributed by atoms with Gasteiger partial charge in [0.15, 0.2) is 0 Å². The average molecular weight is 397 g/mol. The van der Waals surface area contributed by atoms with Crippen LogP contribution < -0.4 is 10.9 Å². The number of carbonyl (C=O) groups is 1. The van der Waals surface area contributed by atoms with Crippen molar-refractivity contribution in [2.75, 3.05) is 26.3 Å². The molecule has 9 heteroatoms. The maximum absolute atomic E-state index is 12.8. The normalized spacial score (nSPS) is 27.9. The first-order chi connectivity index (χ1) is 13.3. The van der Waals surface area contributed by atoms with Gasteiger partial charge in [-0.15, -0.1) is 0 Å². The molecule has 0 bridgehead atoms. The van der Waals surface area contributed by atoms with Crippen LogP contribution in [0.1, 0.15) is 30.5 Å². The first-order valence-corrected chi connectivity index (χ1v) is 9.28. The highest BCUT2D eigenvalue weighted by Gasteiger charge is 2.43. The van der Waals surface area contributed by atoms with Crippen LogP contribution in [0.2, 0.25) is 0 Å². The summed E-state index contributed by atoms with van der Waals surface area (Å²) in [7, 11) is 0. The van der Waals surface area contributed by atoms with Crippen LogP contribution >= 0.6 is 0 Å². The Morgan fingerprint density at radius 3 is 2.54 bits per heavy atom. The Bertz CT molecular complexity index is 779. The van der Waals surface area contributed by atoms with E-state index in [1.165, 1.54) is 12.1 Å². The fourth-order valence-corrected chi connectivity index (χ4v) is 4.06. The number of halogens is 3. The Morgan fingerprint density at radius 2 is 1.86 bits per heavy atom. The van der Waals surface area contributed by atoms with Gasteiger partial charge in [0.1, 0.15) is 19.0 Å². The van der Waals surface area contributed by atoms with Crippen LogP contribution in [0.5, 0.6) is 0 Å². The Balaban J connectivity index is 1.50. The molecule has 3 unspecified atom stereocenters. The molecule has 3 aliphatic rings. The molecular weight excluding hydrogens is 375 g/mol. The molecule has 2 N–H and O–H groups in total. The molecular formula is C19H22F3N3O3. The van der Waals surface area contributed by atoms with Gasteiger partial charge in [-0.1, -0.05) is 12.1 Å². The van der Waals surface area contributed by atoms with Crippen molar-refractivity contribution in [1.29, 1.82) is 0 Å². The molecule has 0 aromatic heterocycles. The molecule has 3 aliphatic heterocycles. The standard InChI is InChI=1S/C19H22F3N3O3/c1-11-17(28-9-8-27-11)18(26)25-7-6-15-14(10-25)16(24-23-15)12-2-4-13(5-3-12)19(20,21)22/h2-5,14-16,23-24H,6-10H2,1H3. The van der Waals surface area contributed by atoms with E-state index >= 15 is 0 Å². The van der Waals surface area contributed by atoms with E-state index in [0.717, 1.165) is 24.1 Å². The Hall–Kier alpha value is -2.26. The fraction of sp³-hybridized carbons (Fsp3) is 0.526. The fourth-order valence-electron chi connectivity index (χ4n) is 4.06. The minimum absolute atomic E-state index is 0.0415. The number of hydrogen-bond donors (Lipinski definition) is 2. The van der Waals surface area contributed by atoms with Gasteiger partial charge >= 0.3 is 6.18 Å². The lowest BCUT2D eigenvalue weighted by molar-refractivity contribution is -0.137. The monoisotopic (exact) mass is 397 g/mol. The number of nitrogens with zero attached hydrogens (tertiary/aromatic N) is 1. The maximum Gasteiger partial charge on any atom is 0.416 e. The smallest absolute Gasteiger partial charge is 0.416 e. The van der Waals surface area contributed by atoms with Crippen molar-refractivity contribution in [3.8, 4) is 0 Å². The van der Waals surface area contributed by atoms with Gasteiger partial charge in [0.05, 0.1) is 11.6 Å². The number of carbonyl (C=O) groups excluding carboxylic acids is 1. The van der Waals surface area contributed by atoms with Crippen molar-refractivity contribution < 1.29 is 27.4 Å². The quantitative estimate of drug-likeness (QED) is 0.802. The molecule has 0 aliphatic carbocycles. The number of hydrazine groups is 1. The summed E-state index contributed by atoms with van der Waals surface area (Å²) in [5.41, 5.74) is 6.49. The molecule has 6 nitrogen and oxygen atoms in total. The summed E-state index contributed by atoms with van der Waals surface area (Å²) in [4.78, 5) is 14.6. The van der Waals surface area contributed by atoms with Gasteiger partial charge in [0.2, 0.25) is 5.76 Å². The molecule has 1 aromatic rings. The van der Waals surface area contributed by atoms with Crippen LogP contribution in [-0.2, 0) is 20.4 Å². The summed E-state index contributed by atoms with van der Waals surface area (Å²) in [5, 5.41) is 0. The summed E-state index contributed by atoms with van der Waals surface area (Å²) < 4.78 is 49.4. The van der Waals surface area contributed by atoms with E-state index in [4.69, 9.17) is 9.47 Å². The number of allylic oxidation sites excluding steroid dienone is 1. The van der Waals surface area contributed by atoms with Gasteiger partial charge in [0, 0.05) is 25.0 Å². The summed E-state index contributed by atoms with van der Waals surface area (Å²) in [5.74, 6) is 0.573. The van der Waals surface area contributed by atoms with Crippen LogP contribution in [0.3, 0.4) is 0 Å². The Morgan fingerprint density at radius 1 is 1.14 bits per heavy atom. The van der Waals surface area contributed by atoms with Crippen LogP contribution in [0.15, 0.2) is 35.8 Å². The molecule has 1 aromatic carbocycles. The SMILES string of the molecule is CC1=C(C(=O)N2CCC3NNC(c4ccc(C(F)(F)F)cc4)C3C2)OCCO1. The lowest BCUT2D eigenvalue weighted by atomic mass is 9.85. The third kappa shape index (κ3) is 3.56. The third-order valence-electron chi connectivity index (χ3n) is 5.56. The lowest BCUT2D eigenvalue weighted by Gasteiger charge is -2.37. The molecule has 0 saturated carbocycles. The van der Waals surface area contributed by atoms with Gasteiger partial charge < -0.3 is 14.4 Å². The summed E-state index contributed by atoms with van der Waals surface area (Å²) in [6, 6.07) is 5.15. The summed E-state index contributed by atoms with van der Waals surface area (Å²) in [6.45, 7) is 3.54. The number of amides is 1. The number of hydrogen-bond acceptors (Lipinski definition) is 5. The van der Waals surface area contributed by atoms with Crippen LogP contribution in [0, 0.1) is 5.92 Å². The largest absolute Gasteiger partial charge is 0.491 e. The number of benzene rings is 1. The van der Waals surface area contributed by atoms with Crippen molar-refractivity contribution in [3.63, 3.8) is 0 Å². The Kier molecular flexibility index (Phi) is 4.96. The van der Waals surface area contributed by atoms with E-state index in [-0.39, 0.29) is 29.7 Å². The summed E-state index contributed by atoms with van der Waals surface area (Å²) >= 11 is 0. The van der Waals surface area contributed by atoms with Crippen molar-refractivity contribution in [1.82, 2.24) is 15.8 Å². The molecule has 0 radical (unpaired) electrons. The van der Waals surface area contributed by atoms with Crippen molar-refractivity contribution in [2.45, 2.75) is 31.6 Å². The molecule has 152 valence electrons. The van der Waals surface area contributed by atoms with Gasteiger partial charge in [-0.2, -0.15) is 13.2 Å². The van der Waals surface area contributed by atoms with Crippen molar-refractivity contribution in [3.05, 3.63) is 46.9 Å². The predicted octanol–water partition coefficient (Wildman–Crippen LogP) is 2.35. The zero-order valence-corrected chi connectivity index (χ0v) is 15.4. The van der Waals surface area contributed by atoms with E-state index in [1.807, 2.05) is 0 Å². The minimum Gasteiger partial charge on any atom is -0.491 e. The molecule has 28 heavy (non-hydrogen) atoms. The van der Waals surface area contributed by atoms with E-state index in [9.17, 15) is 18.0 Å². The second-order valence-electron chi connectivity index (χ2n) is 7.28. The number of fused-ring (bicyclic) bond motifs is 1. The average Bonchev–Trinajstić information content (AvgIpc) is 3.10. The van der Waals surface area contributed by atoms with E-state index in [0.29, 0.717) is 32.1 Å². The van der Waals surface area contributed by atoms with E-state index in [2.05, 4.69) is 10.9 Å². The number of piperidine rings is 1. The molecule has 4 rings (SSSR count). The lowest BCUT2D eigenvalue weighted by Crippen LogP contribution is -2.48. The number of rotatable bonds is 2. The third-order valence-corrected chi connectivity index (χ3v) is 5.56. The molecule has 3 heterocycles. The first-order valence-electron chi connectivity index (χ1n) is 9.28. The highest BCUT2D eigenvalue weighted by atomic mass is 19.4. The second kappa shape index (κ2) is 7.29. The topological polar surface area (TPSA) is 62.8 Å². The molecule has 3 atom stereocenters.